The molecule has 1 aromatic heterocycles. The number of hydrogen-bond donors (Lipinski definition) is 4. The molecule has 0 bridgehead atoms. The van der Waals surface area contributed by atoms with Crippen LogP contribution in [0.1, 0.15) is 24.8 Å². The lowest BCUT2D eigenvalue weighted by molar-refractivity contribution is -0.123. The van der Waals surface area contributed by atoms with Crippen molar-refractivity contribution in [1.82, 2.24) is 9.97 Å². The van der Waals surface area contributed by atoms with Gasteiger partial charge in [-0.25, -0.2) is 0 Å². The molecule has 1 aliphatic rings. The van der Waals surface area contributed by atoms with Crippen molar-refractivity contribution in [2.75, 3.05) is 29.7 Å². The third kappa shape index (κ3) is 4.95. The van der Waals surface area contributed by atoms with Crippen LogP contribution in [0.15, 0.2) is 53.3 Å². The molecule has 0 saturated heterocycles. The number of amides is 2. The van der Waals surface area contributed by atoms with Gasteiger partial charge in [0.25, 0.3) is 5.56 Å². The highest BCUT2D eigenvalue weighted by Crippen LogP contribution is 2.30. The van der Waals surface area contributed by atoms with Crippen LogP contribution < -0.4 is 31.0 Å². The van der Waals surface area contributed by atoms with E-state index in [9.17, 15) is 14.4 Å². The number of rotatable bonds is 7. The number of aromatic nitrogens is 2. The Kier molecular flexibility index (Phi) is 6.25. The molecule has 1 aliphatic heterocycles. The first kappa shape index (κ1) is 21.9. The summed E-state index contributed by atoms with van der Waals surface area (Å²) >= 11 is 0. The molecule has 0 unspecified atom stereocenters. The molecule has 0 saturated carbocycles. The topological polar surface area (TPSA) is 134 Å². The molecule has 4 rings (SSSR count). The number of ether oxygens (including phenoxy) is 2. The minimum atomic E-state index is -0.980. The van der Waals surface area contributed by atoms with E-state index >= 15 is 0 Å². The molecule has 0 fully saturated rings. The fourth-order valence-electron chi connectivity index (χ4n) is 3.50. The SMILES string of the molecule is CCOc1ccc(NC(=O)[C@H]2CC(=O)Nc3nc(Nc4ccc(OC)cc4)[nH]c(=O)c32)cc1. The highest BCUT2D eigenvalue weighted by molar-refractivity contribution is 6.04. The van der Waals surface area contributed by atoms with Crippen LogP contribution in [-0.2, 0) is 9.59 Å². The Hall–Kier alpha value is -4.34. The third-order valence-electron chi connectivity index (χ3n) is 5.05. The van der Waals surface area contributed by atoms with Gasteiger partial charge in [0.05, 0.1) is 25.2 Å². The molecule has 2 heterocycles. The summed E-state index contributed by atoms with van der Waals surface area (Å²) in [5.74, 6) is -0.306. The number of anilines is 4. The highest BCUT2D eigenvalue weighted by Gasteiger charge is 2.34. The second-order valence-corrected chi connectivity index (χ2v) is 7.28. The average Bonchev–Trinajstić information content (AvgIpc) is 2.80. The normalized spacial score (nSPS) is 14.6. The summed E-state index contributed by atoms with van der Waals surface area (Å²) in [6, 6.07) is 13.9. The molecule has 4 N–H and O–H groups in total. The summed E-state index contributed by atoms with van der Waals surface area (Å²) < 4.78 is 10.5. The summed E-state index contributed by atoms with van der Waals surface area (Å²) in [6.45, 7) is 2.41. The molecule has 0 radical (unpaired) electrons. The molecule has 2 amide bonds. The van der Waals surface area contributed by atoms with Gasteiger partial charge in [0.2, 0.25) is 17.8 Å². The van der Waals surface area contributed by atoms with Crippen LogP contribution in [0, 0.1) is 0 Å². The molecule has 10 nitrogen and oxygen atoms in total. The lowest BCUT2D eigenvalue weighted by Gasteiger charge is -2.23. The van der Waals surface area contributed by atoms with Crippen molar-refractivity contribution in [3.63, 3.8) is 0 Å². The second-order valence-electron chi connectivity index (χ2n) is 7.28. The van der Waals surface area contributed by atoms with E-state index in [4.69, 9.17) is 9.47 Å². The fourth-order valence-corrected chi connectivity index (χ4v) is 3.50. The maximum Gasteiger partial charge on any atom is 0.258 e. The first-order valence-corrected chi connectivity index (χ1v) is 10.4. The quantitative estimate of drug-likeness (QED) is 0.436. The molecular formula is C23H23N5O5. The van der Waals surface area contributed by atoms with E-state index in [1.807, 2.05) is 6.92 Å². The summed E-state index contributed by atoms with van der Waals surface area (Å²) in [5, 5.41) is 8.32. The first-order valence-electron chi connectivity index (χ1n) is 10.4. The lowest BCUT2D eigenvalue weighted by atomic mass is 9.92. The number of methoxy groups -OCH3 is 1. The minimum Gasteiger partial charge on any atom is -0.497 e. The number of carbonyl (C=O) groups is 2. The Labute approximate surface area is 189 Å². The van der Waals surface area contributed by atoms with Crippen molar-refractivity contribution in [3.05, 3.63) is 64.4 Å². The maximum absolute atomic E-state index is 12.9. The maximum atomic E-state index is 12.9. The zero-order valence-electron chi connectivity index (χ0n) is 18.1. The van der Waals surface area contributed by atoms with E-state index in [0.717, 1.165) is 0 Å². The lowest BCUT2D eigenvalue weighted by Crippen LogP contribution is -2.36. The average molecular weight is 449 g/mol. The standard InChI is InChI=1S/C23H23N5O5/c1-3-33-16-10-6-13(7-11-16)24-21(30)17-12-18(29)26-20-19(17)22(31)28-23(27-20)25-14-4-8-15(32-2)9-5-14/h4-11,17H,3,12H2,1-2H3,(H,24,30)(H3,25,26,27,28,29,31)/t17-/m0/s1. The van der Waals surface area contributed by atoms with E-state index in [0.29, 0.717) is 29.5 Å². The van der Waals surface area contributed by atoms with Gasteiger partial charge in [-0.2, -0.15) is 4.98 Å². The molecule has 0 spiro atoms. The Morgan fingerprint density at radius 2 is 1.73 bits per heavy atom. The van der Waals surface area contributed by atoms with Crippen LogP contribution in [0.3, 0.4) is 0 Å². The Bertz CT molecular complexity index is 1220. The Morgan fingerprint density at radius 3 is 2.39 bits per heavy atom. The van der Waals surface area contributed by atoms with Gasteiger partial charge in [-0.3, -0.25) is 19.4 Å². The van der Waals surface area contributed by atoms with Gasteiger partial charge < -0.3 is 25.4 Å². The van der Waals surface area contributed by atoms with E-state index in [1.165, 1.54) is 0 Å². The number of fused-ring (bicyclic) bond motifs is 1. The van der Waals surface area contributed by atoms with Gasteiger partial charge in [-0.1, -0.05) is 0 Å². The van der Waals surface area contributed by atoms with Gasteiger partial charge >= 0.3 is 0 Å². The van der Waals surface area contributed by atoms with E-state index in [2.05, 4.69) is 25.9 Å². The first-order chi connectivity index (χ1) is 16.0. The summed E-state index contributed by atoms with van der Waals surface area (Å²) in [5.41, 5.74) is 0.783. The predicted molar refractivity (Wildman–Crippen MR) is 123 cm³/mol. The number of hydrogen-bond acceptors (Lipinski definition) is 7. The Morgan fingerprint density at radius 1 is 1.06 bits per heavy atom. The van der Waals surface area contributed by atoms with Crippen molar-refractivity contribution in [2.45, 2.75) is 19.3 Å². The van der Waals surface area contributed by atoms with Crippen LogP contribution in [0.4, 0.5) is 23.1 Å². The highest BCUT2D eigenvalue weighted by atomic mass is 16.5. The number of nitrogens with one attached hydrogen (secondary N) is 4. The van der Waals surface area contributed by atoms with Crippen molar-refractivity contribution >= 4 is 35.0 Å². The Balaban J connectivity index is 1.56. The number of nitrogens with zero attached hydrogens (tertiary/aromatic N) is 1. The van der Waals surface area contributed by atoms with Gasteiger partial charge in [-0.05, 0) is 55.5 Å². The van der Waals surface area contributed by atoms with Crippen molar-refractivity contribution in [1.29, 1.82) is 0 Å². The van der Waals surface area contributed by atoms with Crippen molar-refractivity contribution < 1.29 is 19.1 Å². The van der Waals surface area contributed by atoms with Gasteiger partial charge in [0, 0.05) is 17.8 Å². The van der Waals surface area contributed by atoms with Crippen LogP contribution >= 0.6 is 0 Å². The predicted octanol–water partition coefficient (Wildman–Crippen LogP) is 2.99. The number of aromatic amines is 1. The van der Waals surface area contributed by atoms with E-state index in [1.54, 1.807) is 55.6 Å². The molecule has 0 aliphatic carbocycles. The van der Waals surface area contributed by atoms with E-state index in [-0.39, 0.29) is 23.8 Å². The number of H-pyrrole nitrogens is 1. The minimum absolute atomic E-state index is 0.0536. The van der Waals surface area contributed by atoms with Crippen LogP contribution in [0.2, 0.25) is 0 Å². The van der Waals surface area contributed by atoms with Crippen LogP contribution in [0.25, 0.3) is 0 Å². The third-order valence-corrected chi connectivity index (χ3v) is 5.05. The molecule has 3 aromatic rings. The molecule has 10 heteroatoms. The number of benzene rings is 2. The van der Waals surface area contributed by atoms with Gasteiger partial charge in [0.1, 0.15) is 17.3 Å². The largest absolute Gasteiger partial charge is 0.497 e. The molecule has 1 atom stereocenters. The molecule has 33 heavy (non-hydrogen) atoms. The van der Waals surface area contributed by atoms with Crippen LogP contribution in [-0.4, -0.2) is 35.5 Å². The summed E-state index contributed by atoms with van der Waals surface area (Å²) in [6.07, 6.45) is -0.161. The van der Waals surface area contributed by atoms with Crippen LogP contribution in [0.5, 0.6) is 11.5 Å². The monoisotopic (exact) mass is 449 g/mol. The van der Waals surface area contributed by atoms with Crippen molar-refractivity contribution in [3.8, 4) is 11.5 Å². The molecule has 170 valence electrons. The van der Waals surface area contributed by atoms with E-state index < -0.39 is 23.3 Å². The second kappa shape index (κ2) is 9.43. The summed E-state index contributed by atoms with van der Waals surface area (Å²) in [7, 11) is 1.57. The zero-order valence-corrected chi connectivity index (χ0v) is 18.1. The summed E-state index contributed by atoms with van der Waals surface area (Å²) in [4.78, 5) is 45.0. The molecular weight excluding hydrogens is 426 g/mol. The van der Waals surface area contributed by atoms with Gasteiger partial charge in [-0.15, -0.1) is 0 Å². The fraction of sp³-hybridized carbons (Fsp3) is 0.217. The van der Waals surface area contributed by atoms with Crippen molar-refractivity contribution in [2.24, 2.45) is 0 Å². The molecule has 2 aromatic carbocycles. The van der Waals surface area contributed by atoms with Gasteiger partial charge in [0.15, 0.2) is 0 Å². The number of carbonyl (C=O) groups excluding carboxylic acids is 2. The zero-order chi connectivity index (χ0) is 23.4. The smallest absolute Gasteiger partial charge is 0.258 e.